The van der Waals surface area contributed by atoms with Gasteiger partial charge in [0.1, 0.15) is 0 Å². The number of aliphatic hydroxyl groups excluding tert-OH is 1. The van der Waals surface area contributed by atoms with Crippen LogP contribution in [-0.2, 0) is 0 Å². The fourth-order valence-corrected chi connectivity index (χ4v) is 2.00. The van der Waals surface area contributed by atoms with Crippen molar-refractivity contribution in [2.75, 3.05) is 18.5 Å². The van der Waals surface area contributed by atoms with E-state index in [-0.39, 0.29) is 6.61 Å². The number of rotatable bonds is 4. The predicted octanol–water partition coefficient (Wildman–Crippen LogP) is 2.74. The van der Waals surface area contributed by atoms with Crippen LogP contribution in [0.1, 0.15) is 6.42 Å². The fraction of sp³-hybridized carbons (Fsp3) is 0.333. The summed E-state index contributed by atoms with van der Waals surface area (Å²) < 4.78 is 1.10. The van der Waals surface area contributed by atoms with E-state index in [0.29, 0.717) is 0 Å². The maximum atomic E-state index is 8.59. The maximum absolute atomic E-state index is 8.59. The molecule has 1 rings (SSSR count). The Morgan fingerprint density at radius 3 is 2.85 bits per heavy atom. The van der Waals surface area contributed by atoms with Crippen LogP contribution in [0.25, 0.3) is 0 Å². The number of hydrogen-bond donors (Lipinski definition) is 2. The summed E-state index contributed by atoms with van der Waals surface area (Å²) in [4.78, 5) is 0. The highest BCUT2D eigenvalue weighted by molar-refractivity contribution is 14.1. The van der Waals surface area contributed by atoms with E-state index in [2.05, 4.69) is 27.9 Å². The molecule has 0 saturated heterocycles. The molecule has 1 aromatic rings. The number of aliphatic hydroxyl groups is 1. The average molecular weight is 312 g/mol. The van der Waals surface area contributed by atoms with Gasteiger partial charge in [-0.3, -0.25) is 0 Å². The standard InChI is InChI=1S/C9H11ClINO/c10-7-2-3-9(8(11)6-7)12-4-1-5-13/h2-3,6,12-13H,1,4-5H2. The first-order valence-corrected chi connectivity index (χ1v) is 5.49. The van der Waals surface area contributed by atoms with Crippen molar-refractivity contribution in [1.29, 1.82) is 0 Å². The Balaban J connectivity index is 2.56. The molecule has 0 saturated carbocycles. The summed E-state index contributed by atoms with van der Waals surface area (Å²) in [5, 5.41) is 12.6. The van der Waals surface area contributed by atoms with Gasteiger partial charge in [-0.25, -0.2) is 0 Å². The molecule has 0 bridgehead atoms. The van der Waals surface area contributed by atoms with Crippen LogP contribution in [0, 0.1) is 3.57 Å². The molecule has 0 atom stereocenters. The van der Waals surface area contributed by atoms with E-state index in [1.54, 1.807) is 0 Å². The molecule has 0 aliphatic rings. The SMILES string of the molecule is OCCCNc1ccc(Cl)cc1I. The number of halogens is 2. The summed E-state index contributed by atoms with van der Waals surface area (Å²) in [6.07, 6.45) is 0.763. The van der Waals surface area contributed by atoms with Crippen LogP contribution >= 0.6 is 34.2 Å². The molecule has 72 valence electrons. The molecule has 0 fully saturated rings. The molecule has 0 heterocycles. The van der Waals surface area contributed by atoms with Crippen LogP contribution in [0.15, 0.2) is 18.2 Å². The van der Waals surface area contributed by atoms with Gasteiger partial charge in [-0.05, 0) is 47.2 Å². The Kier molecular flexibility index (Phi) is 4.83. The van der Waals surface area contributed by atoms with Crippen LogP contribution in [0.5, 0.6) is 0 Å². The molecular weight excluding hydrogens is 300 g/mol. The molecule has 0 unspecified atom stereocenters. The van der Waals surface area contributed by atoms with E-state index in [0.717, 1.165) is 27.2 Å². The van der Waals surface area contributed by atoms with Crippen molar-refractivity contribution in [3.8, 4) is 0 Å². The minimum atomic E-state index is 0.219. The Morgan fingerprint density at radius 1 is 1.46 bits per heavy atom. The Morgan fingerprint density at radius 2 is 2.23 bits per heavy atom. The van der Waals surface area contributed by atoms with Gasteiger partial charge in [0.2, 0.25) is 0 Å². The van der Waals surface area contributed by atoms with Crippen molar-refractivity contribution in [3.63, 3.8) is 0 Å². The molecule has 0 radical (unpaired) electrons. The third-order valence-electron chi connectivity index (χ3n) is 1.58. The molecule has 4 heteroatoms. The topological polar surface area (TPSA) is 32.3 Å². The molecule has 0 spiro atoms. The van der Waals surface area contributed by atoms with Crippen molar-refractivity contribution in [2.45, 2.75) is 6.42 Å². The molecule has 0 aromatic heterocycles. The quantitative estimate of drug-likeness (QED) is 0.662. The number of hydrogen-bond acceptors (Lipinski definition) is 2. The second-order valence-electron chi connectivity index (χ2n) is 2.63. The van der Waals surface area contributed by atoms with Crippen molar-refractivity contribution >= 4 is 39.9 Å². The van der Waals surface area contributed by atoms with Crippen LogP contribution in [0.3, 0.4) is 0 Å². The van der Waals surface area contributed by atoms with Gasteiger partial charge < -0.3 is 10.4 Å². The first-order chi connectivity index (χ1) is 6.24. The third-order valence-corrected chi connectivity index (χ3v) is 2.71. The molecule has 0 aliphatic heterocycles. The molecule has 2 nitrogen and oxygen atoms in total. The average Bonchev–Trinajstić information content (AvgIpc) is 2.09. The molecule has 0 aliphatic carbocycles. The Hall–Kier alpha value is -0.000000000000000111. The van der Waals surface area contributed by atoms with Crippen molar-refractivity contribution < 1.29 is 5.11 Å². The summed E-state index contributed by atoms with van der Waals surface area (Å²) in [6, 6.07) is 5.70. The van der Waals surface area contributed by atoms with Gasteiger partial charge in [-0.2, -0.15) is 0 Å². The molecule has 0 amide bonds. The lowest BCUT2D eigenvalue weighted by molar-refractivity contribution is 0.292. The zero-order chi connectivity index (χ0) is 9.68. The van der Waals surface area contributed by atoms with Gasteiger partial charge in [0, 0.05) is 27.4 Å². The summed E-state index contributed by atoms with van der Waals surface area (Å²) in [6.45, 7) is 1.01. The first-order valence-electron chi connectivity index (χ1n) is 4.04. The summed E-state index contributed by atoms with van der Waals surface area (Å²) in [5.74, 6) is 0. The van der Waals surface area contributed by atoms with E-state index in [9.17, 15) is 0 Å². The highest BCUT2D eigenvalue weighted by atomic mass is 127. The minimum Gasteiger partial charge on any atom is -0.396 e. The zero-order valence-corrected chi connectivity index (χ0v) is 9.97. The van der Waals surface area contributed by atoms with E-state index in [1.165, 1.54) is 0 Å². The van der Waals surface area contributed by atoms with Crippen LogP contribution in [-0.4, -0.2) is 18.3 Å². The lowest BCUT2D eigenvalue weighted by Gasteiger charge is -2.07. The first kappa shape index (κ1) is 11.1. The van der Waals surface area contributed by atoms with Gasteiger partial charge in [0.25, 0.3) is 0 Å². The second-order valence-corrected chi connectivity index (χ2v) is 4.23. The van der Waals surface area contributed by atoms with E-state index in [1.807, 2.05) is 18.2 Å². The number of benzene rings is 1. The fourth-order valence-electron chi connectivity index (χ4n) is 0.935. The molecular formula is C9H11ClINO. The smallest absolute Gasteiger partial charge is 0.0476 e. The largest absolute Gasteiger partial charge is 0.396 e. The van der Waals surface area contributed by atoms with Gasteiger partial charge in [0.15, 0.2) is 0 Å². The molecule has 13 heavy (non-hydrogen) atoms. The van der Waals surface area contributed by atoms with Crippen molar-refractivity contribution in [3.05, 3.63) is 26.8 Å². The summed E-state index contributed by atoms with van der Waals surface area (Å²) >= 11 is 8.03. The third kappa shape index (κ3) is 3.70. The van der Waals surface area contributed by atoms with Gasteiger partial charge in [0.05, 0.1) is 0 Å². The molecule has 2 N–H and O–H groups in total. The second kappa shape index (κ2) is 5.67. The Bertz CT molecular complexity index is 280. The normalized spacial score (nSPS) is 10.1. The maximum Gasteiger partial charge on any atom is 0.0476 e. The number of anilines is 1. The minimum absolute atomic E-state index is 0.219. The van der Waals surface area contributed by atoms with Gasteiger partial charge in [-0.15, -0.1) is 0 Å². The zero-order valence-electron chi connectivity index (χ0n) is 7.06. The van der Waals surface area contributed by atoms with Crippen molar-refractivity contribution in [2.24, 2.45) is 0 Å². The van der Waals surface area contributed by atoms with E-state index >= 15 is 0 Å². The van der Waals surface area contributed by atoms with Crippen LogP contribution < -0.4 is 5.32 Å². The monoisotopic (exact) mass is 311 g/mol. The van der Waals surface area contributed by atoms with Gasteiger partial charge in [-0.1, -0.05) is 11.6 Å². The highest BCUT2D eigenvalue weighted by Gasteiger charge is 1.98. The lowest BCUT2D eigenvalue weighted by Crippen LogP contribution is -2.04. The van der Waals surface area contributed by atoms with Gasteiger partial charge >= 0.3 is 0 Å². The van der Waals surface area contributed by atoms with Crippen LogP contribution in [0.2, 0.25) is 5.02 Å². The lowest BCUT2D eigenvalue weighted by atomic mass is 10.3. The number of nitrogens with one attached hydrogen (secondary N) is 1. The molecule has 1 aromatic carbocycles. The van der Waals surface area contributed by atoms with E-state index in [4.69, 9.17) is 16.7 Å². The van der Waals surface area contributed by atoms with E-state index < -0.39 is 0 Å². The van der Waals surface area contributed by atoms with Crippen molar-refractivity contribution in [1.82, 2.24) is 0 Å². The summed E-state index contributed by atoms with van der Waals surface area (Å²) in [5.41, 5.74) is 1.07. The predicted molar refractivity (Wildman–Crippen MR) is 64.4 cm³/mol. The summed E-state index contributed by atoms with van der Waals surface area (Å²) in [7, 11) is 0. The Labute approximate surface area is 96.4 Å². The highest BCUT2D eigenvalue weighted by Crippen LogP contribution is 2.21. The van der Waals surface area contributed by atoms with Crippen LogP contribution in [0.4, 0.5) is 5.69 Å².